The van der Waals surface area contributed by atoms with Gasteiger partial charge >= 0.3 is 0 Å². The van der Waals surface area contributed by atoms with Crippen molar-refractivity contribution in [3.63, 3.8) is 0 Å². The van der Waals surface area contributed by atoms with E-state index in [0.717, 1.165) is 12.1 Å². The highest BCUT2D eigenvalue weighted by Crippen LogP contribution is 2.22. The quantitative estimate of drug-likeness (QED) is 0.713. The van der Waals surface area contributed by atoms with Crippen LogP contribution in [0.3, 0.4) is 0 Å². The van der Waals surface area contributed by atoms with Crippen molar-refractivity contribution in [1.29, 1.82) is 0 Å². The zero-order chi connectivity index (χ0) is 15.9. The first-order valence-corrected chi connectivity index (χ1v) is 7.30. The van der Waals surface area contributed by atoms with Gasteiger partial charge in [-0.3, -0.25) is 4.79 Å². The Bertz CT molecular complexity index is 436. The van der Waals surface area contributed by atoms with E-state index in [1.54, 1.807) is 0 Å². The third kappa shape index (κ3) is 5.46. The van der Waals surface area contributed by atoms with E-state index in [0.29, 0.717) is 19.6 Å². The monoisotopic (exact) mass is 293 g/mol. The predicted octanol–water partition coefficient (Wildman–Crippen LogP) is 1.07. The zero-order valence-corrected chi connectivity index (χ0v) is 13.2. The molecule has 0 spiro atoms. The summed E-state index contributed by atoms with van der Waals surface area (Å²) in [6, 6.07) is 9.29. The number of hydrogen-bond donors (Lipinski definition) is 2. The van der Waals surface area contributed by atoms with Crippen molar-refractivity contribution in [3.05, 3.63) is 35.9 Å². The first-order valence-electron chi connectivity index (χ1n) is 7.30. The molecule has 4 N–H and O–H groups in total. The number of carbonyl (C=O) groups excluding carboxylic acids is 1. The molecular formula is C16H27N3O2. The van der Waals surface area contributed by atoms with Crippen LogP contribution < -0.4 is 11.5 Å². The maximum atomic E-state index is 11.8. The number of likely N-dealkylation sites (N-methyl/N-ethyl adjacent to an activating group) is 1. The highest BCUT2D eigenvalue weighted by molar-refractivity contribution is 5.85. The lowest BCUT2D eigenvalue weighted by Gasteiger charge is -2.29. The van der Waals surface area contributed by atoms with Gasteiger partial charge in [-0.2, -0.15) is 0 Å². The summed E-state index contributed by atoms with van der Waals surface area (Å²) in [5.41, 5.74) is 11.4. The minimum atomic E-state index is -1.13. The predicted molar refractivity (Wildman–Crippen MR) is 84.7 cm³/mol. The fourth-order valence-corrected chi connectivity index (χ4v) is 2.07. The number of benzene rings is 1. The Morgan fingerprint density at radius 3 is 2.43 bits per heavy atom. The molecule has 1 rings (SSSR count). The molecule has 1 amide bonds. The molecule has 0 aliphatic rings. The second-order valence-corrected chi connectivity index (χ2v) is 5.67. The second-order valence-electron chi connectivity index (χ2n) is 5.67. The zero-order valence-electron chi connectivity index (χ0n) is 13.2. The van der Waals surface area contributed by atoms with Crippen LogP contribution in [0.15, 0.2) is 30.3 Å². The standard InChI is InChI=1S/C16H27N3O2/c1-13(2)21-12-11-19(3)10-9-16(18,15(17)20)14-7-5-4-6-8-14/h4-8,13H,9-12,18H2,1-3H3,(H2,17,20). The van der Waals surface area contributed by atoms with Crippen molar-refractivity contribution < 1.29 is 9.53 Å². The van der Waals surface area contributed by atoms with E-state index < -0.39 is 11.4 Å². The van der Waals surface area contributed by atoms with E-state index in [9.17, 15) is 4.79 Å². The van der Waals surface area contributed by atoms with Crippen molar-refractivity contribution >= 4 is 5.91 Å². The lowest BCUT2D eigenvalue weighted by molar-refractivity contribution is -0.123. The Morgan fingerprint density at radius 1 is 1.29 bits per heavy atom. The van der Waals surface area contributed by atoms with E-state index >= 15 is 0 Å². The number of hydrogen-bond acceptors (Lipinski definition) is 4. The molecule has 21 heavy (non-hydrogen) atoms. The number of ether oxygens (including phenoxy) is 1. The summed E-state index contributed by atoms with van der Waals surface area (Å²) in [6.45, 7) is 6.14. The molecule has 1 atom stereocenters. The van der Waals surface area contributed by atoms with Crippen LogP contribution in [0.4, 0.5) is 0 Å². The molecule has 0 aliphatic heterocycles. The summed E-state index contributed by atoms with van der Waals surface area (Å²) in [5, 5.41) is 0. The highest BCUT2D eigenvalue weighted by atomic mass is 16.5. The van der Waals surface area contributed by atoms with Gasteiger partial charge < -0.3 is 21.1 Å². The number of rotatable bonds is 9. The fraction of sp³-hybridized carbons (Fsp3) is 0.562. The molecule has 0 radical (unpaired) electrons. The second kappa shape index (κ2) is 8.12. The molecule has 118 valence electrons. The molecule has 0 aromatic heterocycles. The molecule has 0 fully saturated rings. The number of nitrogens with zero attached hydrogens (tertiary/aromatic N) is 1. The fourth-order valence-electron chi connectivity index (χ4n) is 2.07. The Kier molecular flexibility index (Phi) is 6.81. The van der Waals surface area contributed by atoms with Gasteiger partial charge in [0.1, 0.15) is 5.54 Å². The van der Waals surface area contributed by atoms with Gasteiger partial charge in [-0.25, -0.2) is 0 Å². The topological polar surface area (TPSA) is 81.6 Å². The average Bonchev–Trinajstić information content (AvgIpc) is 2.45. The maximum Gasteiger partial charge on any atom is 0.242 e. The minimum absolute atomic E-state index is 0.224. The van der Waals surface area contributed by atoms with Crippen LogP contribution in [0.1, 0.15) is 25.8 Å². The largest absolute Gasteiger partial charge is 0.377 e. The summed E-state index contributed by atoms with van der Waals surface area (Å²) in [5.74, 6) is -0.500. The Labute approximate surface area is 127 Å². The Hall–Kier alpha value is -1.43. The molecule has 0 heterocycles. The first kappa shape index (κ1) is 17.6. The third-order valence-corrected chi connectivity index (χ3v) is 3.54. The number of nitrogens with two attached hydrogens (primary N) is 2. The molecule has 1 unspecified atom stereocenters. The van der Waals surface area contributed by atoms with Gasteiger partial charge in [-0.05, 0) is 32.9 Å². The molecule has 0 saturated carbocycles. The van der Waals surface area contributed by atoms with Crippen LogP contribution in [0, 0.1) is 0 Å². The maximum absolute atomic E-state index is 11.8. The normalized spacial score (nSPS) is 14.4. The van der Waals surface area contributed by atoms with Crippen LogP contribution in [0.2, 0.25) is 0 Å². The van der Waals surface area contributed by atoms with Crippen LogP contribution in [0.25, 0.3) is 0 Å². The van der Waals surface area contributed by atoms with Crippen molar-refractivity contribution in [2.24, 2.45) is 11.5 Å². The molecule has 0 aliphatic carbocycles. The van der Waals surface area contributed by atoms with E-state index in [1.807, 2.05) is 51.2 Å². The average molecular weight is 293 g/mol. The SMILES string of the molecule is CC(C)OCCN(C)CCC(N)(C(N)=O)c1ccccc1. The van der Waals surface area contributed by atoms with E-state index in [1.165, 1.54) is 0 Å². The van der Waals surface area contributed by atoms with Gasteiger partial charge in [-0.1, -0.05) is 30.3 Å². The van der Waals surface area contributed by atoms with Gasteiger partial charge in [-0.15, -0.1) is 0 Å². The van der Waals surface area contributed by atoms with Crippen LogP contribution in [0.5, 0.6) is 0 Å². The van der Waals surface area contributed by atoms with Crippen LogP contribution in [-0.2, 0) is 15.1 Å². The van der Waals surface area contributed by atoms with E-state index in [2.05, 4.69) is 4.90 Å². The number of amides is 1. The summed E-state index contributed by atoms with van der Waals surface area (Å²) in [7, 11) is 1.98. The summed E-state index contributed by atoms with van der Waals surface area (Å²) >= 11 is 0. The lowest BCUT2D eigenvalue weighted by Crippen LogP contribution is -2.50. The van der Waals surface area contributed by atoms with Crippen molar-refractivity contribution in [3.8, 4) is 0 Å². The Balaban J connectivity index is 2.58. The van der Waals surface area contributed by atoms with Gasteiger partial charge in [0, 0.05) is 13.1 Å². The lowest BCUT2D eigenvalue weighted by atomic mass is 9.87. The van der Waals surface area contributed by atoms with Crippen LogP contribution in [-0.4, -0.2) is 43.7 Å². The molecule has 5 nitrogen and oxygen atoms in total. The molecule has 0 saturated heterocycles. The van der Waals surface area contributed by atoms with Gasteiger partial charge in [0.25, 0.3) is 0 Å². The summed E-state index contributed by atoms with van der Waals surface area (Å²) in [6.07, 6.45) is 0.701. The van der Waals surface area contributed by atoms with Gasteiger partial charge in [0.05, 0.1) is 12.7 Å². The summed E-state index contributed by atoms with van der Waals surface area (Å²) in [4.78, 5) is 13.9. The molecule has 1 aromatic rings. The molecule has 0 bridgehead atoms. The smallest absolute Gasteiger partial charge is 0.242 e. The van der Waals surface area contributed by atoms with E-state index in [-0.39, 0.29) is 6.10 Å². The summed E-state index contributed by atoms with van der Waals surface area (Å²) < 4.78 is 5.51. The molecular weight excluding hydrogens is 266 g/mol. The molecule has 5 heteroatoms. The third-order valence-electron chi connectivity index (χ3n) is 3.54. The number of primary amides is 1. The van der Waals surface area contributed by atoms with Crippen molar-refractivity contribution in [1.82, 2.24) is 4.90 Å². The van der Waals surface area contributed by atoms with Crippen molar-refractivity contribution in [2.75, 3.05) is 26.7 Å². The highest BCUT2D eigenvalue weighted by Gasteiger charge is 2.33. The number of carbonyl (C=O) groups is 1. The van der Waals surface area contributed by atoms with E-state index in [4.69, 9.17) is 16.2 Å². The van der Waals surface area contributed by atoms with Gasteiger partial charge in [0.15, 0.2) is 0 Å². The minimum Gasteiger partial charge on any atom is -0.377 e. The van der Waals surface area contributed by atoms with Crippen molar-refractivity contribution in [2.45, 2.75) is 31.9 Å². The molecule has 1 aromatic carbocycles. The Morgan fingerprint density at radius 2 is 1.90 bits per heavy atom. The van der Waals surface area contributed by atoms with Gasteiger partial charge in [0.2, 0.25) is 5.91 Å². The van der Waals surface area contributed by atoms with Crippen LogP contribution >= 0.6 is 0 Å². The first-order chi connectivity index (χ1) is 9.86.